The van der Waals surface area contributed by atoms with Crippen LogP contribution in [0.1, 0.15) is 63.2 Å². The highest BCUT2D eigenvalue weighted by Crippen LogP contribution is 2.25. The van der Waals surface area contributed by atoms with Crippen molar-refractivity contribution < 1.29 is 24.2 Å². The van der Waals surface area contributed by atoms with Gasteiger partial charge in [0.2, 0.25) is 0 Å². The maximum absolute atomic E-state index is 12.7. The molecule has 0 bridgehead atoms. The first-order valence-corrected chi connectivity index (χ1v) is 10.6. The largest absolute Gasteiger partial charge is 0.480 e. The van der Waals surface area contributed by atoms with Crippen LogP contribution in [0, 0.1) is 6.92 Å². The lowest BCUT2D eigenvalue weighted by molar-refractivity contribution is -0.139. The quantitative estimate of drug-likeness (QED) is 0.607. The number of nitrogens with zero attached hydrogens (tertiary/aromatic N) is 2. The Morgan fingerprint density at radius 1 is 1.06 bits per heavy atom. The minimum atomic E-state index is -1.35. The zero-order valence-corrected chi connectivity index (χ0v) is 20.1. The van der Waals surface area contributed by atoms with Crippen molar-refractivity contribution in [3.05, 3.63) is 47.3 Å². The second-order valence-electron chi connectivity index (χ2n) is 9.77. The van der Waals surface area contributed by atoms with Crippen LogP contribution in [0.25, 0.3) is 11.4 Å². The fourth-order valence-corrected chi connectivity index (χ4v) is 2.88. The van der Waals surface area contributed by atoms with Crippen molar-refractivity contribution >= 4 is 18.0 Å². The van der Waals surface area contributed by atoms with Gasteiger partial charge < -0.3 is 20.5 Å². The van der Waals surface area contributed by atoms with E-state index >= 15 is 0 Å². The predicted octanol–water partition coefficient (Wildman–Crippen LogP) is 3.46. The van der Waals surface area contributed by atoms with E-state index in [4.69, 9.17) is 4.74 Å². The lowest BCUT2D eigenvalue weighted by atomic mass is 9.87. The van der Waals surface area contributed by atoms with Crippen molar-refractivity contribution in [2.75, 3.05) is 6.54 Å². The normalized spacial score (nSPS) is 12.6. The molecule has 1 heterocycles. The number of hydrogen-bond donors (Lipinski definition) is 3. The summed E-state index contributed by atoms with van der Waals surface area (Å²) in [5.74, 6) is -1.49. The highest BCUT2D eigenvalue weighted by Gasteiger charge is 2.24. The van der Waals surface area contributed by atoms with Gasteiger partial charge in [-0.15, -0.1) is 0 Å². The van der Waals surface area contributed by atoms with Gasteiger partial charge in [-0.1, -0.05) is 45.0 Å². The smallest absolute Gasteiger partial charge is 0.407 e. The number of ether oxygens (including phenoxy) is 1. The van der Waals surface area contributed by atoms with Crippen LogP contribution in [0.2, 0.25) is 0 Å². The molecule has 0 fully saturated rings. The topological polar surface area (TPSA) is 131 Å². The summed E-state index contributed by atoms with van der Waals surface area (Å²) in [6.45, 7) is 12.8. The number of benzene rings is 1. The van der Waals surface area contributed by atoms with E-state index in [0.29, 0.717) is 11.5 Å². The Kier molecular flexibility index (Phi) is 7.79. The second kappa shape index (κ2) is 9.97. The molecule has 1 atom stereocenters. The van der Waals surface area contributed by atoms with E-state index in [1.54, 1.807) is 27.7 Å². The molecular formula is C24H32N4O5. The van der Waals surface area contributed by atoms with Gasteiger partial charge in [-0.3, -0.25) is 4.79 Å². The maximum Gasteiger partial charge on any atom is 0.407 e. The molecule has 33 heavy (non-hydrogen) atoms. The van der Waals surface area contributed by atoms with Gasteiger partial charge in [-0.25, -0.2) is 19.6 Å². The zero-order chi connectivity index (χ0) is 25.0. The Morgan fingerprint density at radius 3 is 2.15 bits per heavy atom. The summed E-state index contributed by atoms with van der Waals surface area (Å²) in [5.41, 5.74) is 1.84. The first-order valence-electron chi connectivity index (χ1n) is 10.6. The van der Waals surface area contributed by atoms with Crippen molar-refractivity contribution in [3.8, 4) is 11.4 Å². The number of rotatable bonds is 6. The first-order chi connectivity index (χ1) is 15.2. The number of alkyl carbamates (subject to hydrolysis) is 1. The Morgan fingerprint density at radius 2 is 1.67 bits per heavy atom. The molecule has 2 rings (SSSR count). The minimum Gasteiger partial charge on any atom is -0.480 e. The van der Waals surface area contributed by atoms with Crippen LogP contribution in [-0.4, -0.2) is 51.2 Å². The van der Waals surface area contributed by atoms with E-state index < -0.39 is 29.6 Å². The maximum atomic E-state index is 12.7. The zero-order valence-electron chi connectivity index (χ0n) is 20.1. The average Bonchev–Trinajstić information content (AvgIpc) is 2.68. The van der Waals surface area contributed by atoms with E-state index in [1.807, 2.05) is 24.3 Å². The van der Waals surface area contributed by atoms with Crippen LogP contribution in [0.3, 0.4) is 0 Å². The van der Waals surface area contributed by atoms with Gasteiger partial charge in [-0.05, 0) is 38.7 Å². The molecule has 0 radical (unpaired) electrons. The Hall–Kier alpha value is -3.49. The third-order valence-electron chi connectivity index (χ3n) is 4.69. The Balaban J connectivity index is 2.10. The summed E-state index contributed by atoms with van der Waals surface area (Å²) >= 11 is 0. The number of nitrogens with one attached hydrogen (secondary N) is 2. The van der Waals surface area contributed by atoms with Crippen LogP contribution in [0.5, 0.6) is 0 Å². The summed E-state index contributed by atoms with van der Waals surface area (Å²) in [6, 6.07) is 6.54. The number of carboxylic acid groups (broad SMARTS) is 1. The lowest BCUT2D eigenvalue weighted by Gasteiger charge is -2.21. The van der Waals surface area contributed by atoms with Gasteiger partial charge in [-0.2, -0.15) is 0 Å². The van der Waals surface area contributed by atoms with Crippen LogP contribution in [-0.2, 0) is 14.9 Å². The van der Waals surface area contributed by atoms with Crippen LogP contribution >= 0.6 is 0 Å². The highest BCUT2D eigenvalue weighted by atomic mass is 16.6. The minimum absolute atomic E-state index is 0.0241. The molecule has 3 N–H and O–H groups in total. The molecule has 1 unspecified atom stereocenters. The van der Waals surface area contributed by atoms with Crippen molar-refractivity contribution in [1.82, 2.24) is 20.6 Å². The van der Waals surface area contributed by atoms with Crippen molar-refractivity contribution in [2.45, 2.75) is 65.5 Å². The molecule has 0 spiro atoms. The Labute approximate surface area is 194 Å². The summed E-state index contributed by atoms with van der Waals surface area (Å²) < 4.78 is 5.08. The third kappa shape index (κ3) is 7.55. The number of hydrogen-bond acceptors (Lipinski definition) is 6. The fourth-order valence-electron chi connectivity index (χ4n) is 2.88. The van der Waals surface area contributed by atoms with Gasteiger partial charge in [0.05, 0.1) is 17.8 Å². The van der Waals surface area contributed by atoms with Crippen molar-refractivity contribution in [3.63, 3.8) is 0 Å². The molecule has 9 nitrogen and oxygen atoms in total. The van der Waals surface area contributed by atoms with Gasteiger partial charge in [0.15, 0.2) is 5.82 Å². The highest BCUT2D eigenvalue weighted by molar-refractivity contribution is 5.97. The number of aliphatic carboxylic acids is 1. The summed E-state index contributed by atoms with van der Waals surface area (Å²) in [6.07, 6.45) is 0.592. The number of aryl methyl sites for hydroxylation is 1. The van der Waals surface area contributed by atoms with Gasteiger partial charge in [0.1, 0.15) is 11.6 Å². The molecule has 9 heteroatoms. The van der Waals surface area contributed by atoms with Crippen molar-refractivity contribution in [2.24, 2.45) is 0 Å². The number of aromatic nitrogens is 2. The lowest BCUT2D eigenvalue weighted by Crippen LogP contribution is -2.49. The van der Waals surface area contributed by atoms with E-state index in [1.165, 1.54) is 11.8 Å². The fraction of sp³-hybridized carbons (Fsp3) is 0.458. The van der Waals surface area contributed by atoms with E-state index in [9.17, 15) is 19.5 Å². The van der Waals surface area contributed by atoms with Gasteiger partial charge >= 0.3 is 12.1 Å². The molecule has 0 aliphatic heterocycles. The number of carbonyl (C=O) groups is 3. The van der Waals surface area contributed by atoms with Crippen LogP contribution < -0.4 is 10.6 Å². The van der Waals surface area contributed by atoms with E-state index in [0.717, 1.165) is 5.56 Å². The average molecular weight is 457 g/mol. The molecule has 0 aliphatic rings. The molecule has 2 aromatic rings. The van der Waals surface area contributed by atoms with Crippen LogP contribution in [0.4, 0.5) is 4.79 Å². The molecule has 0 saturated carbocycles. The Bertz CT molecular complexity index is 1020. The molecule has 1 aromatic carbocycles. The second-order valence-corrected chi connectivity index (χ2v) is 9.77. The number of amides is 2. The summed E-state index contributed by atoms with van der Waals surface area (Å²) in [7, 11) is 0. The standard InChI is InChI=1S/C24H32N4O5/c1-14-17(12-25-19(27-14)15-8-10-16(11-9-15)23(2,3)4)20(29)28-18(21(30)31)13-26-22(32)33-24(5,6)7/h8-12,18H,13H2,1-7H3,(H,26,32)(H,28,29)(H,30,31). The molecule has 0 saturated heterocycles. The SMILES string of the molecule is Cc1nc(-c2ccc(C(C)(C)C)cc2)ncc1C(=O)NC(CNC(=O)OC(C)(C)C)C(=O)O. The molecule has 2 amide bonds. The summed E-state index contributed by atoms with van der Waals surface area (Å²) in [5, 5.41) is 14.2. The first kappa shape index (κ1) is 25.8. The van der Waals surface area contributed by atoms with Gasteiger partial charge in [0.25, 0.3) is 5.91 Å². The van der Waals surface area contributed by atoms with E-state index in [2.05, 4.69) is 41.4 Å². The van der Waals surface area contributed by atoms with Gasteiger partial charge in [0, 0.05) is 11.8 Å². The molecular weight excluding hydrogens is 424 g/mol. The number of carboxylic acids is 1. The monoisotopic (exact) mass is 456 g/mol. The van der Waals surface area contributed by atoms with E-state index in [-0.39, 0.29) is 17.5 Å². The van der Waals surface area contributed by atoms with Crippen LogP contribution in [0.15, 0.2) is 30.5 Å². The molecule has 0 aliphatic carbocycles. The van der Waals surface area contributed by atoms with Crippen molar-refractivity contribution in [1.29, 1.82) is 0 Å². The number of carbonyl (C=O) groups excluding carboxylic acids is 2. The predicted molar refractivity (Wildman–Crippen MR) is 124 cm³/mol. The molecule has 178 valence electrons. The molecule has 1 aromatic heterocycles. The third-order valence-corrected chi connectivity index (χ3v) is 4.69. The summed E-state index contributed by atoms with van der Waals surface area (Å²) in [4.78, 5) is 44.7.